The smallest absolute Gasteiger partial charge is 0.124 e. The second-order valence-electron chi connectivity index (χ2n) is 4.42. The fraction of sp³-hybridized carbons (Fsp3) is 0.500. The van der Waals surface area contributed by atoms with Crippen molar-refractivity contribution in [3.05, 3.63) is 35.1 Å². The average Bonchev–Trinajstić information content (AvgIpc) is 2.46. The molecule has 1 aliphatic heterocycles. The lowest BCUT2D eigenvalue weighted by Crippen LogP contribution is -2.37. The van der Waals surface area contributed by atoms with Crippen LogP contribution in [0.25, 0.3) is 0 Å². The Hall–Kier alpha value is -1.09. The van der Waals surface area contributed by atoms with Crippen molar-refractivity contribution in [2.75, 3.05) is 38.6 Å². The van der Waals surface area contributed by atoms with E-state index in [2.05, 4.69) is 4.90 Å². The van der Waals surface area contributed by atoms with Gasteiger partial charge >= 0.3 is 0 Å². The summed E-state index contributed by atoms with van der Waals surface area (Å²) in [6.45, 7) is 4.68. The fourth-order valence-electron chi connectivity index (χ4n) is 1.98. The van der Waals surface area contributed by atoms with Gasteiger partial charge in [-0.25, -0.2) is 4.39 Å². The molecule has 1 aromatic carbocycles. The SMILES string of the molecule is N#Cc1cc(F)ccc1CSCCN1CCOCC1. The van der Waals surface area contributed by atoms with Crippen LogP contribution in [0.3, 0.4) is 0 Å². The van der Waals surface area contributed by atoms with Crippen LogP contribution in [-0.2, 0) is 10.5 Å². The molecular formula is C14H17FN2OS. The zero-order chi connectivity index (χ0) is 13.5. The topological polar surface area (TPSA) is 36.3 Å². The molecule has 0 N–H and O–H groups in total. The minimum absolute atomic E-state index is 0.349. The molecule has 0 amide bonds. The second-order valence-corrected chi connectivity index (χ2v) is 5.53. The highest BCUT2D eigenvalue weighted by Gasteiger charge is 2.10. The third-order valence-corrected chi connectivity index (χ3v) is 4.09. The van der Waals surface area contributed by atoms with Gasteiger partial charge in [-0.3, -0.25) is 4.90 Å². The summed E-state index contributed by atoms with van der Waals surface area (Å²) in [5.41, 5.74) is 1.36. The summed E-state index contributed by atoms with van der Waals surface area (Å²) in [5, 5.41) is 8.96. The van der Waals surface area contributed by atoms with Crippen LogP contribution in [0.2, 0.25) is 0 Å². The molecule has 0 bridgehead atoms. The normalized spacial score (nSPS) is 16.2. The molecule has 1 fully saturated rings. The van der Waals surface area contributed by atoms with E-state index in [1.165, 1.54) is 12.1 Å². The van der Waals surface area contributed by atoms with Gasteiger partial charge in [-0.1, -0.05) is 6.07 Å². The van der Waals surface area contributed by atoms with Gasteiger partial charge in [0, 0.05) is 31.1 Å². The number of hydrogen-bond acceptors (Lipinski definition) is 4. The number of ether oxygens (including phenoxy) is 1. The largest absolute Gasteiger partial charge is 0.379 e. The number of halogens is 1. The summed E-state index contributed by atoms with van der Waals surface area (Å²) < 4.78 is 18.3. The minimum Gasteiger partial charge on any atom is -0.379 e. The third kappa shape index (κ3) is 4.50. The molecule has 0 saturated carbocycles. The van der Waals surface area contributed by atoms with Crippen LogP contribution in [-0.4, -0.2) is 43.5 Å². The molecule has 2 rings (SSSR count). The van der Waals surface area contributed by atoms with Crippen LogP contribution in [0.15, 0.2) is 18.2 Å². The first-order valence-corrected chi connectivity index (χ1v) is 7.51. The van der Waals surface area contributed by atoms with E-state index < -0.39 is 0 Å². The Balaban J connectivity index is 1.75. The zero-order valence-corrected chi connectivity index (χ0v) is 11.6. The van der Waals surface area contributed by atoms with Crippen molar-refractivity contribution in [3.63, 3.8) is 0 Å². The number of thioether (sulfide) groups is 1. The fourth-order valence-corrected chi connectivity index (χ4v) is 2.98. The molecule has 102 valence electrons. The lowest BCUT2D eigenvalue weighted by atomic mass is 10.1. The highest BCUT2D eigenvalue weighted by atomic mass is 32.2. The van der Waals surface area contributed by atoms with Crippen molar-refractivity contribution in [2.45, 2.75) is 5.75 Å². The Kier molecular flexibility index (Phi) is 5.64. The average molecular weight is 280 g/mol. The van der Waals surface area contributed by atoms with E-state index in [9.17, 15) is 4.39 Å². The maximum atomic E-state index is 13.0. The van der Waals surface area contributed by atoms with Gasteiger partial charge in [0.05, 0.1) is 24.8 Å². The molecular weight excluding hydrogens is 263 g/mol. The second kappa shape index (κ2) is 7.49. The van der Waals surface area contributed by atoms with Crippen LogP contribution < -0.4 is 0 Å². The summed E-state index contributed by atoms with van der Waals surface area (Å²) in [5.74, 6) is 1.43. The molecule has 19 heavy (non-hydrogen) atoms. The first-order chi connectivity index (χ1) is 9.29. The number of morpholine rings is 1. The summed E-state index contributed by atoms with van der Waals surface area (Å²) in [4.78, 5) is 2.38. The van der Waals surface area contributed by atoms with Gasteiger partial charge in [-0.2, -0.15) is 17.0 Å². The first-order valence-electron chi connectivity index (χ1n) is 6.36. The maximum Gasteiger partial charge on any atom is 0.124 e. The van der Waals surface area contributed by atoms with Crippen molar-refractivity contribution in [1.29, 1.82) is 5.26 Å². The van der Waals surface area contributed by atoms with E-state index in [0.717, 1.165) is 49.9 Å². The van der Waals surface area contributed by atoms with Crippen molar-refractivity contribution in [3.8, 4) is 6.07 Å². The Labute approximate surface area is 117 Å². The molecule has 0 unspecified atom stereocenters. The number of nitriles is 1. The predicted molar refractivity (Wildman–Crippen MR) is 74.5 cm³/mol. The van der Waals surface area contributed by atoms with Crippen LogP contribution in [0.1, 0.15) is 11.1 Å². The van der Waals surface area contributed by atoms with Crippen molar-refractivity contribution >= 4 is 11.8 Å². The monoisotopic (exact) mass is 280 g/mol. The van der Waals surface area contributed by atoms with Crippen molar-refractivity contribution < 1.29 is 9.13 Å². The van der Waals surface area contributed by atoms with Crippen LogP contribution in [0.4, 0.5) is 4.39 Å². The van der Waals surface area contributed by atoms with Crippen LogP contribution in [0.5, 0.6) is 0 Å². The Morgan fingerprint density at radius 1 is 1.37 bits per heavy atom. The van der Waals surface area contributed by atoms with E-state index in [4.69, 9.17) is 10.00 Å². The van der Waals surface area contributed by atoms with E-state index in [1.807, 2.05) is 6.07 Å². The van der Waals surface area contributed by atoms with Gasteiger partial charge in [-0.15, -0.1) is 0 Å². The number of nitrogens with zero attached hydrogens (tertiary/aromatic N) is 2. The van der Waals surface area contributed by atoms with Crippen LogP contribution in [0, 0.1) is 17.1 Å². The van der Waals surface area contributed by atoms with E-state index in [1.54, 1.807) is 17.8 Å². The minimum atomic E-state index is -0.349. The molecule has 1 aromatic rings. The van der Waals surface area contributed by atoms with Crippen molar-refractivity contribution in [1.82, 2.24) is 4.90 Å². The van der Waals surface area contributed by atoms with Gasteiger partial charge in [0.25, 0.3) is 0 Å². The molecule has 0 radical (unpaired) electrons. The molecule has 1 aliphatic rings. The zero-order valence-electron chi connectivity index (χ0n) is 10.8. The first kappa shape index (κ1) is 14.3. The molecule has 0 aliphatic carbocycles. The lowest BCUT2D eigenvalue weighted by molar-refractivity contribution is 0.0410. The van der Waals surface area contributed by atoms with Gasteiger partial charge in [-0.05, 0) is 17.7 Å². The van der Waals surface area contributed by atoms with Gasteiger partial charge in [0.15, 0.2) is 0 Å². The number of rotatable bonds is 5. The maximum absolute atomic E-state index is 13.0. The summed E-state index contributed by atoms with van der Waals surface area (Å²) in [7, 11) is 0. The van der Waals surface area contributed by atoms with Gasteiger partial charge in [0.1, 0.15) is 5.82 Å². The molecule has 0 atom stereocenters. The molecule has 3 nitrogen and oxygen atoms in total. The molecule has 0 aromatic heterocycles. The Morgan fingerprint density at radius 3 is 2.89 bits per heavy atom. The van der Waals surface area contributed by atoms with Crippen molar-refractivity contribution in [2.24, 2.45) is 0 Å². The third-order valence-electron chi connectivity index (χ3n) is 3.11. The van der Waals surface area contributed by atoms with Gasteiger partial charge in [0.2, 0.25) is 0 Å². The quantitative estimate of drug-likeness (QED) is 0.775. The van der Waals surface area contributed by atoms with Gasteiger partial charge < -0.3 is 4.74 Å². The predicted octanol–water partition coefficient (Wildman–Crippen LogP) is 2.26. The van der Waals surface area contributed by atoms with E-state index in [0.29, 0.717) is 5.56 Å². The number of hydrogen-bond donors (Lipinski definition) is 0. The molecule has 1 saturated heterocycles. The van der Waals surface area contributed by atoms with E-state index >= 15 is 0 Å². The highest BCUT2D eigenvalue weighted by Crippen LogP contribution is 2.17. The summed E-state index contributed by atoms with van der Waals surface area (Å²) in [6, 6.07) is 6.47. The summed E-state index contributed by atoms with van der Waals surface area (Å²) in [6.07, 6.45) is 0. The lowest BCUT2D eigenvalue weighted by Gasteiger charge is -2.26. The molecule has 0 spiro atoms. The van der Waals surface area contributed by atoms with E-state index in [-0.39, 0.29) is 5.82 Å². The highest BCUT2D eigenvalue weighted by molar-refractivity contribution is 7.98. The standard InChI is InChI=1S/C14H17FN2OS/c15-14-2-1-12(13(9-14)10-16)11-19-8-5-17-3-6-18-7-4-17/h1-2,9H,3-8,11H2. The number of benzene rings is 1. The molecule has 5 heteroatoms. The summed E-state index contributed by atoms with van der Waals surface area (Å²) >= 11 is 1.78. The Morgan fingerprint density at radius 2 is 2.16 bits per heavy atom. The van der Waals surface area contributed by atoms with Crippen LogP contribution >= 0.6 is 11.8 Å². The molecule has 1 heterocycles. The Bertz CT molecular complexity index is 455.